The maximum absolute atomic E-state index is 12.2. The molecule has 0 aliphatic heterocycles. The summed E-state index contributed by atoms with van der Waals surface area (Å²) >= 11 is 2.98. The van der Waals surface area contributed by atoms with Crippen LogP contribution in [0.4, 0.5) is 0 Å². The van der Waals surface area contributed by atoms with Gasteiger partial charge < -0.3 is 5.32 Å². The van der Waals surface area contributed by atoms with E-state index in [4.69, 9.17) is 0 Å². The summed E-state index contributed by atoms with van der Waals surface area (Å²) < 4.78 is 0. The summed E-state index contributed by atoms with van der Waals surface area (Å²) in [7, 11) is 0. The highest BCUT2D eigenvalue weighted by atomic mass is 32.2. The Morgan fingerprint density at radius 2 is 2.12 bits per heavy atom. The Bertz CT molecular complexity index is 796. The molecule has 2 heterocycles. The molecule has 1 atom stereocenters. The molecule has 0 saturated carbocycles. The maximum Gasteiger partial charge on any atom is 0.233 e. The van der Waals surface area contributed by atoms with Gasteiger partial charge in [0.1, 0.15) is 0 Å². The number of hydrogen-bond donors (Lipinski definition) is 2. The molecule has 0 fully saturated rings. The minimum absolute atomic E-state index is 0.0184. The summed E-state index contributed by atoms with van der Waals surface area (Å²) in [5.41, 5.74) is 2.18. The van der Waals surface area contributed by atoms with Crippen LogP contribution in [0.3, 0.4) is 0 Å². The number of nitrogens with zero attached hydrogens (tertiary/aromatic N) is 2. The predicted molar refractivity (Wildman–Crippen MR) is 98.0 cm³/mol. The topological polar surface area (TPSA) is 70.7 Å². The van der Waals surface area contributed by atoms with Crippen molar-refractivity contribution >= 4 is 29.0 Å². The Balaban J connectivity index is 1.57. The van der Waals surface area contributed by atoms with Gasteiger partial charge in [-0.2, -0.15) is 0 Å². The molecule has 124 valence electrons. The van der Waals surface area contributed by atoms with E-state index in [0.717, 1.165) is 10.4 Å². The average molecular weight is 358 g/mol. The summed E-state index contributed by atoms with van der Waals surface area (Å²) in [5, 5.41) is 12.4. The van der Waals surface area contributed by atoms with Gasteiger partial charge in [-0.05, 0) is 25.3 Å². The summed E-state index contributed by atoms with van der Waals surface area (Å²) in [5.74, 6) is 0.693. The second-order valence-electron chi connectivity index (χ2n) is 5.39. The number of aromatic amines is 1. The summed E-state index contributed by atoms with van der Waals surface area (Å²) in [6.45, 7) is 4.46. The minimum atomic E-state index is -0.258. The van der Waals surface area contributed by atoms with Crippen molar-refractivity contribution in [1.29, 1.82) is 0 Å². The molecular formula is C17H18N4OS2. The van der Waals surface area contributed by atoms with Crippen LogP contribution >= 0.6 is 23.1 Å². The number of carbonyl (C=O) groups excluding carboxylic acids is 1. The smallest absolute Gasteiger partial charge is 0.233 e. The molecule has 0 unspecified atom stereocenters. The van der Waals surface area contributed by atoms with Crippen LogP contribution in [-0.4, -0.2) is 26.3 Å². The first-order chi connectivity index (χ1) is 11.6. The van der Waals surface area contributed by atoms with E-state index in [0.29, 0.717) is 17.5 Å². The Morgan fingerprint density at radius 1 is 1.33 bits per heavy atom. The van der Waals surface area contributed by atoms with E-state index in [1.54, 1.807) is 11.3 Å². The predicted octanol–water partition coefficient (Wildman–Crippen LogP) is 3.64. The fourth-order valence-electron chi connectivity index (χ4n) is 2.08. The largest absolute Gasteiger partial charge is 0.350 e. The highest BCUT2D eigenvalue weighted by Gasteiger charge is 2.17. The Morgan fingerprint density at radius 3 is 2.83 bits per heavy atom. The van der Waals surface area contributed by atoms with Crippen LogP contribution in [0.25, 0.3) is 11.4 Å². The van der Waals surface area contributed by atoms with Crippen LogP contribution in [-0.2, 0) is 11.3 Å². The van der Waals surface area contributed by atoms with Crippen LogP contribution in [0.2, 0.25) is 0 Å². The van der Waals surface area contributed by atoms with Crippen LogP contribution in [0, 0.1) is 6.92 Å². The lowest BCUT2D eigenvalue weighted by Gasteiger charge is -2.09. The standard InChI is InChI=1S/C17H18N4OS2/c1-11-5-7-13(8-6-11)15-19-17(21-20-15)24-12(2)16(22)18-10-14-4-3-9-23-14/h3-9,12H,10H2,1-2H3,(H,18,22)(H,19,20,21)/t12-/m1/s1. The molecule has 0 aliphatic rings. The monoisotopic (exact) mass is 358 g/mol. The highest BCUT2D eigenvalue weighted by Crippen LogP contribution is 2.23. The third-order valence-electron chi connectivity index (χ3n) is 3.46. The first-order valence-corrected chi connectivity index (χ1v) is 9.34. The number of hydrogen-bond acceptors (Lipinski definition) is 5. The molecule has 2 N–H and O–H groups in total. The third kappa shape index (κ3) is 4.24. The number of H-pyrrole nitrogens is 1. The van der Waals surface area contributed by atoms with Crippen LogP contribution in [0.1, 0.15) is 17.4 Å². The van der Waals surface area contributed by atoms with Gasteiger partial charge in [-0.15, -0.1) is 16.4 Å². The van der Waals surface area contributed by atoms with E-state index in [9.17, 15) is 4.79 Å². The quantitative estimate of drug-likeness (QED) is 0.660. The van der Waals surface area contributed by atoms with Crippen molar-refractivity contribution in [2.75, 3.05) is 0 Å². The van der Waals surface area contributed by atoms with Gasteiger partial charge in [-0.25, -0.2) is 4.98 Å². The molecule has 0 bridgehead atoms. The van der Waals surface area contributed by atoms with Crippen LogP contribution < -0.4 is 5.32 Å². The van der Waals surface area contributed by atoms with Crippen molar-refractivity contribution in [2.24, 2.45) is 0 Å². The van der Waals surface area contributed by atoms with Crippen molar-refractivity contribution in [2.45, 2.75) is 30.8 Å². The Labute approximate surface area is 148 Å². The van der Waals surface area contributed by atoms with E-state index >= 15 is 0 Å². The minimum Gasteiger partial charge on any atom is -0.350 e. The fourth-order valence-corrected chi connectivity index (χ4v) is 3.48. The first kappa shape index (κ1) is 16.7. The SMILES string of the molecule is Cc1ccc(-c2nc(S[C@H](C)C(=O)NCc3cccs3)n[nH]2)cc1. The second-order valence-corrected chi connectivity index (χ2v) is 7.73. The summed E-state index contributed by atoms with van der Waals surface area (Å²) in [6, 6.07) is 12.1. The van der Waals surface area contributed by atoms with Crippen LogP contribution in [0.15, 0.2) is 46.9 Å². The summed E-state index contributed by atoms with van der Waals surface area (Å²) in [6.07, 6.45) is 0. The molecule has 24 heavy (non-hydrogen) atoms. The number of thiophene rings is 1. The molecule has 3 aromatic rings. The number of aromatic nitrogens is 3. The number of nitrogens with one attached hydrogen (secondary N) is 2. The third-order valence-corrected chi connectivity index (χ3v) is 5.30. The number of rotatable bonds is 6. The zero-order valence-electron chi connectivity index (χ0n) is 13.4. The lowest BCUT2D eigenvalue weighted by molar-refractivity contribution is -0.120. The van der Waals surface area contributed by atoms with Gasteiger partial charge in [0.05, 0.1) is 11.8 Å². The molecule has 3 rings (SSSR count). The summed E-state index contributed by atoms with van der Waals surface area (Å²) in [4.78, 5) is 17.8. The van der Waals surface area contributed by atoms with Crippen molar-refractivity contribution in [3.05, 3.63) is 52.2 Å². The molecule has 2 aromatic heterocycles. The van der Waals surface area contributed by atoms with Gasteiger partial charge in [0.2, 0.25) is 11.1 Å². The van der Waals surface area contributed by atoms with Gasteiger partial charge in [-0.3, -0.25) is 9.89 Å². The second kappa shape index (κ2) is 7.63. The first-order valence-electron chi connectivity index (χ1n) is 7.58. The molecule has 0 radical (unpaired) electrons. The molecule has 1 aromatic carbocycles. The molecule has 0 saturated heterocycles. The van der Waals surface area contributed by atoms with E-state index in [2.05, 4.69) is 20.5 Å². The zero-order valence-corrected chi connectivity index (χ0v) is 15.1. The Hall–Kier alpha value is -2.12. The lowest BCUT2D eigenvalue weighted by atomic mass is 10.1. The van der Waals surface area contributed by atoms with Crippen molar-refractivity contribution in [3.63, 3.8) is 0 Å². The number of benzene rings is 1. The van der Waals surface area contributed by atoms with Crippen LogP contribution in [0.5, 0.6) is 0 Å². The molecule has 7 heteroatoms. The lowest BCUT2D eigenvalue weighted by Crippen LogP contribution is -2.30. The van der Waals surface area contributed by atoms with Crippen molar-refractivity contribution in [3.8, 4) is 11.4 Å². The molecule has 0 spiro atoms. The highest BCUT2D eigenvalue weighted by molar-refractivity contribution is 8.00. The molecule has 5 nitrogen and oxygen atoms in total. The van der Waals surface area contributed by atoms with Gasteiger partial charge in [0.15, 0.2) is 5.82 Å². The van der Waals surface area contributed by atoms with Crippen molar-refractivity contribution < 1.29 is 4.79 Å². The molecule has 0 aliphatic carbocycles. The number of thioether (sulfide) groups is 1. The molecule has 1 amide bonds. The fraction of sp³-hybridized carbons (Fsp3) is 0.235. The molecular weight excluding hydrogens is 340 g/mol. The zero-order chi connectivity index (χ0) is 16.9. The van der Waals surface area contributed by atoms with E-state index in [-0.39, 0.29) is 11.2 Å². The maximum atomic E-state index is 12.2. The average Bonchev–Trinajstić information content (AvgIpc) is 3.25. The van der Waals surface area contributed by atoms with E-state index in [1.165, 1.54) is 17.3 Å². The normalized spacial score (nSPS) is 12.1. The number of amides is 1. The van der Waals surface area contributed by atoms with Gasteiger partial charge >= 0.3 is 0 Å². The number of carbonyl (C=O) groups is 1. The Kier molecular flexibility index (Phi) is 5.32. The van der Waals surface area contributed by atoms with Gasteiger partial charge in [0.25, 0.3) is 0 Å². The van der Waals surface area contributed by atoms with E-state index in [1.807, 2.05) is 55.6 Å². The van der Waals surface area contributed by atoms with E-state index < -0.39 is 0 Å². The van der Waals surface area contributed by atoms with Crippen molar-refractivity contribution in [1.82, 2.24) is 20.5 Å². The number of aryl methyl sites for hydroxylation is 1. The van der Waals surface area contributed by atoms with Gasteiger partial charge in [-0.1, -0.05) is 47.7 Å². The van der Waals surface area contributed by atoms with Gasteiger partial charge in [0, 0.05) is 10.4 Å².